The van der Waals surface area contributed by atoms with Crippen LogP contribution in [-0.4, -0.2) is 26.5 Å². The zero-order chi connectivity index (χ0) is 13.8. The van der Waals surface area contributed by atoms with E-state index in [2.05, 4.69) is 26.9 Å². The van der Waals surface area contributed by atoms with Crippen LogP contribution in [0.3, 0.4) is 0 Å². The van der Waals surface area contributed by atoms with Gasteiger partial charge in [0.1, 0.15) is 11.3 Å². The lowest BCUT2D eigenvalue weighted by Gasteiger charge is -2.05. The van der Waals surface area contributed by atoms with Crippen LogP contribution in [0.15, 0.2) is 46.8 Å². The predicted octanol–water partition coefficient (Wildman–Crippen LogP) is 3.29. The molecule has 20 heavy (non-hydrogen) atoms. The number of H-pyrrole nitrogens is 1. The van der Waals surface area contributed by atoms with Gasteiger partial charge in [-0.3, -0.25) is 0 Å². The van der Waals surface area contributed by atoms with E-state index in [0.717, 1.165) is 29.2 Å². The molecular formula is C14H14N4OS. The second-order valence-electron chi connectivity index (χ2n) is 4.21. The van der Waals surface area contributed by atoms with Gasteiger partial charge in [-0.2, -0.15) is 0 Å². The minimum Gasteiger partial charge on any atom is -0.494 e. The molecule has 1 N–H and O–H groups in total. The van der Waals surface area contributed by atoms with Gasteiger partial charge in [-0.25, -0.2) is 15.0 Å². The van der Waals surface area contributed by atoms with Gasteiger partial charge in [0.05, 0.1) is 19.1 Å². The van der Waals surface area contributed by atoms with Crippen LogP contribution in [0.25, 0.3) is 11.2 Å². The van der Waals surface area contributed by atoms with Crippen molar-refractivity contribution in [2.45, 2.75) is 23.4 Å². The van der Waals surface area contributed by atoms with Gasteiger partial charge in [0, 0.05) is 4.90 Å². The summed E-state index contributed by atoms with van der Waals surface area (Å²) in [5, 5.41) is 0.687. The standard InChI is InChI=1S/C14H14N4OS/c1-2-7-19-10-3-5-11(6-4-10)20-14-15-8-12-13(18-14)17-9-16-12/h3-6,8-9H,2,7H2,1H3,(H,15,16,17,18). The number of ether oxygens (including phenoxy) is 1. The molecule has 3 aromatic rings. The molecule has 0 spiro atoms. The molecule has 2 aromatic heterocycles. The number of aromatic nitrogens is 4. The van der Waals surface area contributed by atoms with E-state index in [1.165, 1.54) is 11.8 Å². The molecule has 0 aliphatic rings. The van der Waals surface area contributed by atoms with Crippen molar-refractivity contribution in [3.63, 3.8) is 0 Å². The van der Waals surface area contributed by atoms with Crippen molar-refractivity contribution < 1.29 is 4.74 Å². The summed E-state index contributed by atoms with van der Waals surface area (Å²) in [4.78, 5) is 16.9. The Labute approximate surface area is 120 Å². The minimum absolute atomic E-state index is 0.686. The first-order valence-electron chi connectivity index (χ1n) is 6.42. The first kappa shape index (κ1) is 12.9. The van der Waals surface area contributed by atoms with E-state index >= 15 is 0 Å². The summed E-state index contributed by atoms with van der Waals surface area (Å²) in [6.07, 6.45) is 4.37. The summed E-state index contributed by atoms with van der Waals surface area (Å²) in [5.41, 5.74) is 1.53. The molecule has 5 nitrogen and oxygen atoms in total. The van der Waals surface area contributed by atoms with Gasteiger partial charge in [-0.1, -0.05) is 6.92 Å². The van der Waals surface area contributed by atoms with Crippen LogP contribution >= 0.6 is 11.8 Å². The average molecular weight is 286 g/mol. The molecule has 0 atom stereocenters. The summed E-state index contributed by atoms with van der Waals surface area (Å²) >= 11 is 1.51. The number of nitrogens with zero attached hydrogens (tertiary/aromatic N) is 3. The van der Waals surface area contributed by atoms with Crippen molar-refractivity contribution in [1.82, 2.24) is 19.9 Å². The number of benzene rings is 1. The highest BCUT2D eigenvalue weighted by atomic mass is 32.2. The predicted molar refractivity (Wildman–Crippen MR) is 78.0 cm³/mol. The van der Waals surface area contributed by atoms with Crippen molar-refractivity contribution in [2.24, 2.45) is 0 Å². The monoisotopic (exact) mass is 286 g/mol. The molecule has 6 heteroatoms. The van der Waals surface area contributed by atoms with Gasteiger partial charge in [-0.15, -0.1) is 0 Å². The van der Waals surface area contributed by atoms with Crippen LogP contribution in [0.1, 0.15) is 13.3 Å². The van der Waals surface area contributed by atoms with Crippen molar-refractivity contribution in [3.05, 3.63) is 36.8 Å². The van der Waals surface area contributed by atoms with Gasteiger partial charge >= 0.3 is 0 Å². The van der Waals surface area contributed by atoms with E-state index in [9.17, 15) is 0 Å². The highest BCUT2D eigenvalue weighted by Crippen LogP contribution is 2.26. The lowest BCUT2D eigenvalue weighted by molar-refractivity contribution is 0.317. The van der Waals surface area contributed by atoms with E-state index in [-0.39, 0.29) is 0 Å². The maximum Gasteiger partial charge on any atom is 0.194 e. The largest absolute Gasteiger partial charge is 0.494 e. The molecule has 0 aliphatic carbocycles. The Morgan fingerprint density at radius 3 is 2.85 bits per heavy atom. The first-order valence-corrected chi connectivity index (χ1v) is 7.23. The molecule has 0 amide bonds. The molecule has 0 radical (unpaired) electrons. The minimum atomic E-state index is 0.686. The highest BCUT2D eigenvalue weighted by Gasteiger charge is 2.04. The summed E-state index contributed by atoms with van der Waals surface area (Å²) in [7, 11) is 0. The Hall–Kier alpha value is -2.08. The number of imidazole rings is 1. The summed E-state index contributed by atoms with van der Waals surface area (Å²) in [5.74, 6) is 0.889. The van der Waals surface area contributed by atoms with Crippen molar-refractivity contribution in [1.29, 1.82) is 0 Å². The van der Waals surface area contributed by atoms with Crippen molar-refractivity contribution in [3.8, 4) is 5.75 Å². The molecule has 0 bridgehead atoms. The van der Waals surface area contributed by atoms with Crippen LogP contribution in [0, 0.1) is 0 Å². The van der Waals surface area contributed by atoms with Gasteiger partial charge in [-0.05, 0) is 42.4 Å². The normalized spacial score (nSPS) is 10.8. The fourth-order valence-electron chi connectivity index (χ4n) is 1.70. The third-order valence-electron chi connectivity index (χ3n) is 2.66. The second kappa shape index (κ2) is 5.92. The summed E-state index contributed by atoms with van der Waals surface area (Å²) in [6.45, 7) is 2.83. The fourth-order valence-corrected chi connectivity index (χ4v) is 2.42. The molecule has 0 aliphatic heterocycles. The van der Waals surface area contributed by atoms with Gasteiger partial charge < -0.3 is 9.72 Å². The lowest BCUT2D eigenvalue weighted by Crippen LogP contribution is -1.94. The SMILES string of the molecule is CCCOc1ccc(Sc2ncc3[nH]cnc3n2)cc1. The van der Waals surface area contributed by atoms with Gasteiger partial charge in [0.2, 0.25) is 0 Å². The zero-order valence-electron chi connectivity index (χ0n) is 11.0. The van der Waals surface area contributed by atoms with Crippen molar-refractivity contribution in [2.75, 3.05) is 6.61 Å². The van der Waals surface area contributed by atoms with E-state index in [0.29, 0.717) is 10.8 Å². The van der Waals surface area contributed by atoms with Crippen LogP contribution in [0.2, 0.25) is 0 Å². The summed E-state index contributed by atoms with van der Waals surface area (Å²) < 4.78 is 5.55. The first-order chi connectivity index (χ1) is 9.85. The Bertz CT molecular complexity index is 696. The molecule has 0 saturated heterocycles. The van der Waals surface area contributed by atoms with Crippen molar-refractivity contribution >= 4 is 22.9 Å². The Morgan fingerprint density at radius 2 is 2.05 bits per heavy atom. The van der Waals surface area contributed by atoms with Crippen LogP contribution in [0.4, 0.5) is 0 Å². The van der Waals surface area contributed by atoms with E-state index in [1.807, 2.05) is 24.3 Å². The molecule has 0 unspecified atom stereocenters. The van der Waals surface area contributed by atoms with Gasteiger partial charge in [0.25, 0.3) is 0 Å². The van der Waals surface area contributed by atoms with Crippen LogP contribution < -0.4 is 4.74 Å². The molecule has 3 rings (SSSR count). The van der Waals surface area contributed by atoms with Gasteiger partial charge in [0.15, 0.2) is 10.8 Å². The van der Waals surface area contributed by atoms with E-state index in [4.69, 9.17) is 4.74 Å². The van der Waals surface area contributed by atoms with Crippen LogP contribution in [0.5, 0.6) is 5.75 Å². The Balaban J connectivity index is 1.73. The number of nitrogens with one attached hydrogen (secondary N) is 1. The smallest absolute Gasteiger partial charge is 0.194 e. The molecule has 102 valence electrons. The number of fused-ring (bicyclic) bond motifs is 1. The fraction of sp³-hybridized carbons (Fsp3) is 0.214. The number of hydrogen-bond donors (Lipinski definition) is 1. The number of rotatable bonds is 5. The quantitative estimate of drug-likeness (QED) is 0.729. The Kier molecular flexibility index (Phi) is 3.83. The lowest BCUT2D eigenvalue weighted by atomic mass is 10.3. The third kappa shape index (κ3) is 2.91. The maximum absolute atomic E-state index is 5.55. The maximum atomic E-state index is 5.55. The van der Waals surface area contributed by atoms with Crippen LogP contribution in [-0.2, 0) is 0 Å². The number of aromatic amines is 1. The second-order valence-corrected chi connectivity index (χ2v) is 5.26. The Morgan fingerprint density at radius 1 is 1.20 bits per heavy atom. The molecule has 0 saturated carbocycles. The number of hydrogen-bond acceptors (Lipinski definition) is 5. The molecular weight excluding hydrogens is 272 g/mol. The van der Waals surface area contributed by atoms with E-state index in [1.54, 1.807) is 12.5 Å². The van der Waals surface area contributed by atoms with E-state index < -0.39 is 0 Å². The average Bonchev–Trinajstić information content (AvgIpc) is 2.94. The molecule has 2 heterocycles. The topological polar surface area (TPSA) is 63.7 Å². The molecule has 0 fully saturated rings. The zero-order valence-corrected chi connectivity index (χ0v) is 11.9. The highest BCUT2D eigenvalue weighted by molar-refractivity contribution is 7.99. The summed E-state index contributed by atoms with van der Waals surface area (Å²) in [6, 6.07) is 7.94. The molecule has 1 aromatic carbocycles. The third-order valence-corrected chi connectivity index (χ3v) is 3.55.